The molecule has 0 fully saturated rings. The molecule has 0 saturated heterocycles. The van der Waals surface area contributed by atoms with Gasteiger partial charge in [-0.15, -0.1) is 0 Å². The lowest BCUT2D eigenvalue weighted by molar-refractivity contribution is -0.259. The summed E-state index contributed by atoms with van der Waals surface area (Å²) in [6.45, 7) is -1.27. The van der Waals surface area contributed by atoms with Gasteiger partial charge in [-0.05, 0) is 12.8 Å². The summed E-state index contributed by atoms with van der Waals surface area (Å²) >= 11 is 0. The van der Waals surface area contributed by atoms with Gasteiger partial charge in [0.25, 0.3) is 0 Å². The fourth-order valence-corrected chi connectivity index (χ4v) is 0.599. The zero-order valence-corrected chi connectivity index (χ0v) is 7.63. The van der Waals surface area contributed by atoms with Crippen LogP contribution in [0.2, 0.25) is 0 Å². The SMILES string of the molecule is O=C(CCCF)OOC(=O)CCCF. The molecule has 14 heavy (non-hydrogen) atoms. The van der Waals surface area contributed by atoms with Crippen LogP contribution in [0.1, 0.15) is 25.7 Å². The second-order valence-corrected chi connectivity index (χ2v) is 2.50. The third-order valence-electron chi connectivity index (χ3n) is 1.26. The predicted octanol–water partition coefficient (Wildman–Crippen LogP) is 1.49. The second-order valence-electron chi connectivity index (χ2n) is 2.50. The van der Waals surface area contributed by atoms with Crippen molar-refractivity contribution in [1.29, 1.82) is 0 Å². The second kappa shape index (κ2) is 8.40. The molecule has 0 aromatic rings. The Morgan fingerprint density at radius 3 is 1.50 bits per heavy atom. The van der Waals surface area contributed by atoms with Crippen LogP contribution < -0.4 is 0 Å². The van der Waals surface area contributed by atoms with Crippen LogP contribution in [0.15, 0.2) is 0 Å². The minimum Gasteiger partial charge on any atom is -0.251 e. The van der Waals surface area contributed by atoms with Crippen LogP contribution in [0.5, 0.6) is 0 Å². The Labute approximate surface area is 80.1 Å². The average Bonchev–Trinajstić information content (AvgIpc) is 2.20. The Morgan fingerprint density at radius 1 is 0.857 bits per heavy atom. The summed E-state index contributed by atoms with van der Waals surface area (Å²) in [6.07, 6.45) is -0.235. The third kappa shape index (κ3) is 7.45. The molecule has 82 valence electrons. The molecule has 0 N–H and O–H groups in total. The van der Waals surface area contributed by atoms with Crippen molar-refractivity contribution in [3.63, 3.8) is 0 Å². The first-order chi connectivity index (χ1) is 6.70. The predicted molar refractivity (Wildman–Crippen MR) is 42.6 cm³/mol. The lowest BCUT2D eigenvalue weighted by Gasteiger charge is -2.01. The number of halogens is 2. The van der Waals surface area contributed by atoms with E-state index >= 15 is 0 Å². The Kier molecular flexibility index (Phi) is 7.68. The molecule has 0 rings (SSSR count). The van der Waals surface area contributed by atoms with Crippen molar-refractivity contribution in [2.24, 2.45) is 0 Å². The first-order valence-corrected chi connectivity index (χ1v) is 4.22. The summed E-state index contributed by atoms with van der Waals surface area (Å²) in [4.78, 5) is 29.3. The summed E-state index contributed by atoms with van der Waals surface area (Å²) in [7, 11) is 0. The van der Waals surface area contributed by atoms with Crippen LogP contribution in [0.3, 0.4) is 0 Å². The Hall–Kier alpha value is -1.20. The van der Waals surface area contributed by atoms with Gasteiger partial charge in [0.1, 0.15) is 0 Å². The summed E-state index contributed by atoms with van der Waals surface area (Å²) in [5.74, 6) is -1.62. The minimum atomic E-state index is -0.809. The van der Waals surface area contributed by atoms with Crippen molar-refractivity contribution in [2.45, 2.75) is 25.7 Å². The van der Waals surface area contributed by atoms with E-state index in [9.17, 15) is 18.4 Å². The fraction of sp³-hybridized carbons (Fsp3) is 0.750. The average molecular weight is 210 g/mol. The molecule has 0 aromatic heterocycles. The first kappa shape index (κ1) is 12.8. The van der Waals surface area contributed by atoms with Gasteiger partial charge in [-0.25, -0.2) is 19.4 Å². The molecule has 0 atom stereocenters. The van der Waals surface area contributed by atoms with Gasteiger partial charge in [0.15, 0.2) is 0 Å². The van der Waals surface area contributed by atoms with Crippen molar-refractivity contribution in [1.82, 2.24) is 0 Å². The number of alkyl halides is 2. The van der Waals surface area contributed by atoms with Crippen LogP contribution in [-0.4, -0.2) is 25.3 Å². The molecule has 0 bridgehead atoms. The van der Waals surface area contributed by atoms with Crippen molar-refractivity contribution in [2.75, 3.05) is 13.3 Å². The van der Waals surface area contributed by atoms with E-state index in [1.165, 1.54) is 0 Å². The monoisotopic (exact) mass is 210 g/mol. The highest BCUT2D eigenvalue weighted by atomic mass is 19.1. The molecule has 0 saturated carbocycles. The number of carbonyl (C=O) groups is 2. The van der Waals surface area contributed by atoms with Gasteiger partial charge in [0.05, 0.1) is 26.2 Å². The third-order valence-corrected chi connectivity index (χ3v) is 1.26. The largest absolute Gasteiger partial charge is 0.355 e. The molecule has 0 amide bonds. The standard InChI is InChI=1S/C8H12F2O4/c9-5-1-3-7(11)13-14-8(12)4-2-6-10/h1-6H2. The van der Waals surface area contributed by atoms with Crippen LogP contribution in [0.4, 0.5) is 8.78 Å². The number of rotatable bonds is 6. The van der Waals surface area contributed by atoms with Gasteiger partial charge in [0, 0.05) is 0 Å². The molecule has 0 unspecified atom stereocenters. The molecule has 0 spiro atoms. The fourth-order valence-electron chi connectivity index (χ4n) is 0.599. The highest BCUT2D eigenvalue weighted by molar-refractivity contribution is 5.72. The summed E-state index contributed by atoms with van der Waals surface area (Å²) in [6, 6.07) is 0. The molecule has 0 aliphatic carbocycles. The molecule has 6 heteroatoms. The van der Waals surface area contributed by atoms with Crippen LogP contribution in [0.25, 0.3) is 0 Å². The molecular weight excluding hydrogens is 198 g/mol. The van der Waals surface area contributed by atoms with Crippen molar-refractivity contribution >= 4 is 11.9 Å². The first-order valence-electron chi connectivity index (χ1n) is 4.22. The molecule has 4 nitrogen and oxygen atoms in total. The summed E-state index contributed by atoms with van der Waals surface area (Å²) in [5, 5.41) is 0. The lowest BCUT2D eigenvalue weighted by atomic mass is 10.3. The normalized spacial score (nSPS) is 9.57. The minimum absolute atomic E-state index is 0.0286. The van der Waals surface area contributed by atoms with E-state index in [-0.39, 0.29) is 25.7 Å². The highest BCUT2D eigenvalue weighted by Crippen LogP contribution is 1.97. The van der Waals surface area contributed by atoms with E-state index in [4.69, 9.17) is 0 Å². The van der Waals surface area contributed by atoms with Crippen molar-refractivity contribution < 1.29 is 28.1 Å². The van der Waals surface area contributed by atoms with E-state index < -0.39 is 25.3 Å². The smallest absolute Gasteiger partial charge is 0.251 e. The molecule has 0 aromatic carbocycles. The van der Waals surface area contributed by atoms with Gasteiger partial charge >= 0.3 is 11.9 Å². The van der Waals surface area contributed by atoms with Gasteiger partial charge in [-0.2, -0.15) is 0 Å². The number of hydrogen-bond donors (Lipinski definition) is 0. The topological polar surface area (TPSA) is 52.6 Å². The van der Waals surface area contributed by atoms with Gasteiger partial charge in [0.2, 0.25) is 0 Å². The Bertz CT molecular complexity index is 164. The molecular formula is C8H12F2O4. The highest BCUT2D eigenvalue weighted by Gasteiger charge is 2.08. The number of carbonyl (C=O) groups excluding carboxylic acids is 2. The maximum atomic E-state index is 11.6. The maximum absolute atomic E-state index is 11.6. The summed E-state index contributed by atoms with van der Waals surface area (Å²) in [5.41, 5.74) is 0. The maximum Gasteiger partial charge on any atom is 0.355 e. The van der Waals surface area contributed by atoms with Crippen LogP contribution in [-0.2, 0) is 19.4 Å². The number of hydrogen-bond acceptors (Lipinski definition) is 4. The van der Waals surface area contributed by atoms with E-state index in [1.54, 1.807) is 0 Å². The van der Waals surface area contributed by atoms with E-state index in [0.717, 1.165) is 0 Å². The van der Waals surface area contributed by atoms with Gasteiger partial charge in [-0.1, -0.05) is 0 Å². The molecule has 0 aliphatic rings. The molecule has 0 heterocycles. The summed E-state index contributed by atoms with van der Waals surface area (Å²) < 4.78 is 23.1. The molecule has 0 radical (unpaired) electrons. The van der Waals surface area contributed by atoms with E-state index in [2.05, 4.69) is 9.78 Å². The van der Waals surface area contributed by atoms with E-state index in [1.807, 2.05) is 0 Å². The van der Waals surface area contributed by atoms with Crippen molar-refractivity contribution in [3.05, 3.63) is 0 Å². The van der Waals surface area contributed by atoms with E-state index in [0.29, 0.717) is 0 Å². The quantitative estimate of drug-likeness (QED) is 0.492. The zero-order valence-electron chi connectivity index (χ0n) is 7.63. The van der Waals surface area contributed by atoms with Gasteiger partial charge < -0.3 is 0 Å². The zero-order chi connectivity index (χ0) is 10.8. The Morgan fingerprint density at radius 2 is 1.21 bits per heavy atom. The van der Waals surface area contributed by atoms with Crippen molar-refractivity contribution in [3.8, 4) is 0 Å². The lowest BCUT2D eigenvalue weighted by Crippen LogP contribution is -2.11. The van der Waals surface area contributed by atoms with Crippen LogP contribution in [0, 0.1) is 0 Å². The van der Waals surface area contributed by atoms with Gasteiger partial charge in [-0.3, -0.25) is 8.78 Å². The van der Waals surface area contributed by atoms with Crippen LogP contribution >= 0.6 is 0 Å². The Balaban J connectivity index is 3.41. The molecule has 0 aliphatic heterocycles.